The second-order valence-electron chi connectivity index (χ2n) is 7.97. The third kappa shape index (κ3) is 3.79. The summed E-state index contributed by atoms with van der Waals surface area (Å²) in [5.41, 5.74) is 3.02. The average molecular weight is 465 g/mol. The Kier molecular flexibility index (Phi) is 5.67. The van der Waals surface area contributed by atoms with Crippen molar-refractivity contribution in [3.8, 4) is 16.2 Å². The summed E-state index contributed by atoms with van der Waals surface area (Å²) in [7, 11) is 1.55. The van der Waals surface area contributed by atoms with Gasteiger partial charge in [-0.1, -0.05) is 29.8 Å². The van der Waals surface area contributed by atoms with E-state index in [4.69, 9.17) is 16.3 Å². The Morgan fingerprint density at radius 3 is 2.72 bits per heavy atom. The van der Waals surface area contributed by atoms with E-state index in [0.29, 0.717) is 33.4 Å². The van der Waals surface area contributed by atoms with Crippen LogP contribution in [0.15, 0.2) is 53.5 Å². The lowest BCUT2D eigenvalue weighted by Gasteiger charge is -2.18. The second-order valence-corrected chi connectivity index (χ2v) is 9.45. The van der Waals surface area contributed by atoms with Crippen LogP contribution in [-0.4, -0.2) is 38.0 Å². The SMILES string of the molecule is COc1cc(C2C=Nc3cc(-c4ccc(Cl)cc4)sc3C2=O)ccc1C(=O)C1CCNC1. The summed E-state index contributed by atoms with van der Waals surface area (Å²) >= 11 is 7.43. The van der Waals surface area contributed by atoms with Gasteiger partial charge >= 0.3 is 0 Å². The Bertz CT molecular complexity index is 1230. The number of fused-ring (bicyclic) bond motifs is 1. The number of carbonyl (C=O) groups is 2. The molecule has 2 aromatic carbocycles. The van der Waals surface area contributed by atoms with Gasteiger partial charge in [0.2, 0.25) is 0 Å². The molecular formula is C25H21ClN2O3S. The Labute approximate surface area is 195 Å². The number of ether oxygens (including phenoxy) is 1. The highest BCUT2D eigenvalue weighted by molar-refractivity contribution is 7.18. The van der Waals surface area contributed by atoms with E-state index in [1.807, 2.05) is 36.4 Å². The molecule has 32 heavy (non-hydrogen) atoms. The summed E-state index contributed by atoms with van der Waals surface area (Å²) in [4.78, 5) is 32.4. The van der Waals surface area contributed by atoms with E-state index in [9.17, 15) is 9.59 Å². The molecule has 1 saturated heterocycles. The first kappa shape index (κ1) is 21.1. The maximum Gasteiger partial charge on any atom is 0.187 e. The maximum atomic E-state index is 13.3. The van der Waals surface area contributed by atoms with E-state index in [1.165, 1.54) is 11.3 Å². The molecule has 1 N–H and O–H groups in total. The molecule has 0 spiro atoms. The van der Waals surface area contributed by atoms with Crippen LogP contribution in [0.3, 0.4) is 0 Å². The zero-order chi connectivity index (χ0) is 22.2. The number of rotatable bonds is 5. The predicted molar refractivity (Wildman–Crippen MR) is 128 cm³/mol. The fraction of sp³-hybridized carbons (Fsp3) is 0.240. The van der Waals surface area contributed by atoms with Gasteiger partial charge in [-0.25, -0.2) is 0 Å². The normalized spacial score (nSPS) is 19.8. The van der Waals surface area contributed by atoms with Crippen molar-refractivity contribution in [3.05, 3.63) is 69.6 Å². The number of thiophene rings is 1. The third-order valence-electron chi connectivity index (χ3n) is 5.99. The summed E-state index contributed by atoms with van der Waals surface area (Å²) in [5.74, 6) is 0.0361. The zero-order valence-electron chi connectivity index (χ0n) is 17.4. The van der Waals surface area contributed by atoms with E-state index in [2.05, 4.69) is 10.3 Å². The quantitative estimate of drug-likeness (QED) is 0.502. The van der Waals surface area contributed by atoms with Gasteiger partial charge in [0.25, 0.3) is 0 Å². The summed E-state index contributed by atoms with van der Waals surface area (Å²) in [6.45, 7) is 1.54. The highest BCUT2D eigenvalue weighted by Crippen LogP contribution is 2.42. The minimum atomic E-state index is -0.509. The van der Waals surface area contributed by atoms with Crippen molar-refractivity contribution >= 4 is 46.4 Å². The number of hydrogen-bond acceptors (Lipinski definition) is 6. The van der Waals surface area contributed by atoms with Crippen molar-refractivity contribution in [3.63, 3.8) is 0 Å². The van der Waals surface area contributed by atoms with Gasteiger partial charge in [-0.3, -0.25) is 14.6 Å². The maximum absolute atomic E-state index is 13.3. The van der Waals surface area contributed by atoms with Crippen LogP contribution in [0.2, 0.25) is 5.02 Å². The van der Waals surface area contributed by atoms with Crippen LogP contribution in [0.4, 0.5) is 5.69 Å². The number of methoxy groups -OCH3 is 1. The summed E-state index contributed by atoms with van der Waals surface area (Å²) in [5, 5.41) is 3.90. The standard InChI is InChI=1S/C25H21ClN2O3S/c1-31-21-10-15(4-7-18(21)23(29)16-8-9-27-12-16)19-13-28-20-11-22(32-25(20)24(19)30)14-2-5-17(26)6-3-14/h2-7,10-11,13,16,19,27H,8-9,12H2,1H3. The Morgan fingerprint density at radius 1 is 1.19 bits per heavy atom. The van der Waals surface area contributed by atoms with Gasteiger partial charge in [0.1, 0.15) is 5.75 Å². The van der Waals surface area contributed by atoms with Crippen molar-refractivity contribution in [2.75, 3.05) is 20.2 Å². The van der Waals surface area contributed by atoms with Gasteiger partial charge in [0, 0.05) is 28.6 Å². The molecule has 0 saturated carbocycles. The fourth-order valence-corrected chi connectivity index (χ4v) is 5.43. The monoisotopic (exact) mass is 464 g/mol. The van der Waals surface area contributed by atoms with E-state index in [0.717, 1.165) is 29.0 Å². The fourth-order valence-electron chi connectivity index (χ4n) is 4.21. The molecule has 3 aromatic rings. The highest BCUT2D eigenvalue weighted by Gasteiger charge is 2.31. The molecule has 0 amide bonds. The van der Waals surface area contributed by atoms with Crippen LogP contribution in [0.25, 0.3) is 10.4 Å². The van der Waals surface area contributed by atoms with Gasteiger partial charge in [-0.2, -0.15) is 0 Å². The lowest BCUT2D eigenvalue weighted by Crippen LogP contribution is -2.19. The van der Waals surface area contributed by atoms with E-state index >= 15 is 0 Å². The topological polar surface area (TPSA) is 67.8 Å². The number of aliphatic imine (C=N–C) groups is 1. The van der Waals surface area contributed by atoms with Gasteiger partial charge in [0.15, 0.2) is 11.6 Å². The number of benzene rings is 2. The van der Waals surface area contributed by atoms with Gasteiger partial charge in [0.05, 0.1) is 29.2 Å². The molecule has 1 fully saturated rings. The number of nitrogens with zero attached hydrogens (tertiary/aromatic N) is 1. The molecule has 0 radical (unpaired) electrons. The van der Waals surface area contributed by atoms with Gasteiger partial charge < -0.3 is 10.1 Å². The first-order valence-electron chi connectivity index (χ1n) is 10.5. The Morgan fingerprint density at radius 2 is 2.00 bits per heavy atom. The Balaban J connectivity index is 1.43. The second kappa shape index (κ2) is 8.62. The smallest absolute Gasteiger partial charge is 0.187 e. The van der Waals surface area contributed by atoms with Crippen molar-refractivity contribution < 1.29 is 14.3 Å². The lowest BCUT2D eigenvalue weighted by atomic mass is 9.89. The third-order valence-corrected chi connectivity index (χ3v) is 7.43. The molecule has 0 aliphatic carbocycles. The summed E-state index contributed by atoms with van der Waals surface area (Å²) in [6, 6.07) is 14.9. The molecule has 2 aliphatic heterocycles. The zero-order valence-corrected chi connectivity index (χ0v) is 19.0. The number of hydrogen-bond donors (Lipinski definition) is 1. The van der Waals surface area contributed by atoms with Crippen LogP contribution in [0.1, 0.15) is 37.9 Å². The van der Waals surface area contributed by atoms with Crippen molar-refractivity contribution in [2.24, 2.45) is 10.9 Å². The van der Waals surface area contributed by atoms with Crippen LogP contribution in [0, 0.1) is 5.92 Å². The summed E-state index contributed by atoms with van der Waals surface area (Å²) < 4.78 is 5.53. The number of ketones is 2. The minimum absolute atomic E-state index is 0.00124. The van der Waals surface area contributed by atoms with Crippen molar-refractivity contribution in [2.45, 2.75) is 12.3 Å². The first-order chi connectivity index (χ1) is 15.5. The lowest BCUT2D eigenvalue weighted by molar-refractivity contribution is 0.0927. The van der Waals surface area contributed by atoms with Crippen LogP contribution in [-0.2, 0) is 0 Å². The number of halogens is 1. The molecule has 3 heterocycles. The van der Waals surface area contributed by atoms with Crippen LogP contribution >= 0.6 is 22.9 Å². The summed E-state index contributed by atoms with van der Waals surface area (Å²) in [6.07, 6.45) is 2.51. The first-order valence-corrected chi connectivity index (χ1v) is 11.7. The molecule has 2 aliphatic rings. The molecule has 2 atom stereocenters. The molecule has 2 unspecified atom stereocenters. The highest BCUT2D eigenvalue weighted by atomic mass is 35.5. The Hall–Kier alpha value is -2.80. The van der Waals surface area contributed by atoms with Crippen LogP contribution < -0.4 is 10.1 Å². The molecule has 0 bridgehead atoms. The predicted octanol–water partition coefficient (Wildman–Crippen LogP) is 5.55. The molecule has 162 valence electrons. The molecule has 1 aromatic heterocycles. The average Bonchev–Trinajstić information content (AvgIpc) is 3.50. The van der Waals surface area contributed by atoms with Gasteiger partial charge in [-0.05, 0) is 54.4 Å². The number of Topliss-reactive ketones (excluding diaryl/α,β-unsaturated/α-hetero) is 2. The molecular weight excluding hydrogens is 444 g/mol. The van der Waals surface area contributed by atoms with Crippen LogP contribution in [0.5, 0.6) is 5.75 Å². The van der Waals surface area contributed by atoms with E-state index in [-0.39, 0.29) is 17.5 Å². The van der Waals surface area contributed by atoms with Gasteiger partial charge in [-0.15, -0.1) is 11.3 Å². The van der Waals surface area contributed by atoms with E-state index < -0.39 is 5.92 Å². The number of carbonyl (C=O) groups excluding carboxylic acids is 2. The van der Waals surface area contributed by atoms with E-state index in [1.54, 1.807) is 25.5 Å². The minimum Gasteiger partial charge on any atom is -0.496 e. The molecule has 5 rings (SSSR count). The molecule has 7 heteroatoms. The van der Waals surface area contributed by atoms with Crippen molar-refractivity contribution in [1.82, 2.24) is 5.32 Å². The van der Waals surface area contributed by atoms with Crippen molar-refractivity contribution in [1.29, 1.82) is 0 Å². The largest absolute Gasteiger partial charge is 0.496 e. The number of nitrogens with one attached hydrogen (secondary N) is 1. The molecule has 5 nitrogen and oxygen atoms in total.